The van der Waals surface area contributed by atoms with Crippen molar-refractivity contribution in [1.82, 2.24) is 5.32 Å². The van der Waals surface area contributed by atoms with E-state index in [9.17, 15) is 0 Å². The van der Waals surface area contributed by atoms with Gasteiger partial charge in [-0.05, 0) is 46.9 Å². The molecule has 3 rings (SSSR count). The zero-order chi connectivity index (χ0) is 11.0. The summed E-state index contributed by atoms with van der Waals surface area (Å²) in [6, 6.07) is 11.0. The number of fused-ring (bicyclic) bond motifs is 1. The summed E-state index contributed by atoms with van der Waals surface area (Å²) in [4.78, 5) is 0. The maximum Gasteiger partial charge on any atom is 0.0672 e. The molecule has 0 radical (unpaired) electrons. The minimum atomic E-state index is -0.00512. The van der Waals surface area contributed by atoms with Crippen LogP contribution in [-0.4, -0.2) is 6.54 Å². The minimum Gasteiger partial charge on any atom is -0.304 e. The van der Waals surface area contributed by atoms with Gasteiger partial charge in [-0.15, -0.1) is 0 Å². The fourth-order valence-electron chi connectivity index (χ4n) is 2.58. The molecule has 1 aliphatic heterocycles. The summed E-state index contributed by atoms with van der Waals surface area (Å²) in [5.74, 6) is 0. The Morgan fingerprint density at radius 1 is 1.25 bits per heavy atom. The summed E-state index contributed by atoms with van der Waals surface area (Å²) in [5.41, 5.74) is 4.29. The van der Waals surface area contributed by atoms with Gasteiger partial charge in [0.05, 0.1) is 5.54 Å². The highest BCUT2D eigenvalue weighted by molar-refractivity contribution is 7.08. The Bertz CT molecular complexity index is 489. The molecule has 16 heavy (non-hydrogen) atoms. The number of hydrogen-bond acceptors (Lipinski definition) is 2. The van der Waals surface area contributed by atoms with Crippen molar-refractivity contribution in [3.63, 3.8) is 0 Å². The normalized spacial score (nSPS) is 24.1. The lowest BCUT2D eigenvalue weighted by atomic mass is 9.80. The average molecular weight is 229 g/mol. The van der Waals surface area contributed by atoms with Crippen LogP contribution in [0.5, 0.6) is 0 Å². The van der Waals surface area contributed by atoms with Crippen molar-refractivity contribution in [2.45, 2.75) is 18.9 Å². The van der Waals surface area contributed by atoms with E-state index in [0.717, 1.165) is 13.0 Å². The van der Waals surface area contributed by atoms with Crippen LogP contribution in [0.4, 0.5) is 0 Å². The summed E-state index contributed by atoms with van der Waals surface area (Å²) in [5, 5.41) is 8.06. The predicted molar refractivity (Wildman–Crippen MR) is 68.9 cm³/mol. The number of hydrogen-bond donors (Lipinski definition) is 1. The summed E-state index contributed by atoms with van der Waals surface area (Å²) in [6.07, 6.45) is 1.13. The van der Waals surface area contributed by atoms with Gasteiger partial charge in [-0.2, -0.15) is 11.3 Å². The molecular formula is C14H15NS. The van der Waals surface area contributed by atoms with E-state index in [-0.39, 0.29) is 5.54 Å². The topological polar surface area (TPSA) is 12.0 Å². The molecule has 0 saturated heterocycles. The predicted octanol–water partition coefficient (Wildman–Crippen LogP) is 3.16. The Morgan fingerprint density at radius 2 is 2.12 bits per heavy atom. The molecule has 1 atom stereocenters. The molecule has 1 aromatic heterocycles. The first-order valence-corrected chi connectivity index (χ1v) is 6.61. The van der Waals surface area contributed by atoms with Crippen molar-refractivity contribution in [2.24, 2.45) is 0 Å². The summed E-state index contributed by atoms with van der Waals surface area (Å²) in [7, 11) is 0. The minimum absolute atomic E-state index is 0.00512. The van der Waals surface area contributed by atoms with Gasteiger partial charge in [0.2, 0.25) is 0 Å². The molecule has 0 bridgehead atoms. The van der Waals surface area contributed by atoms with E-state index in [2.05, 4.69) is 53.3 Å². The van der Waals surface area contributed by atoms with E-state index < -0.39 is 0 Å². The largest absolute Gasteiger partial charge is 0.304 e. The molecule has 0 amide bonds. The fourth-order valence-corrected chi connectivity index (χ4v) is 3.34. The first kappa shape index (κ1) is 10.1. The molecule has 1 aliphatic rings. The molecule has 0 saturated carbocycles. The zero-order valence-electron chi connectivity index (χ0n) is 9.36. The van der Waals surface area contributed by atoms with Crippen LogP contribution in [0, 0.1) is 0 Å². The van der Waals surface area contributed by atoms with Crippen LogP contribution >= 0.6 is 11.3 Å². The quantitative estimate of drug-likeness (QED) is 0.792. The van der Waals surface area contributed by atoms with Crippen molar-refractivity contribution in [2.75, 3.05) is 6.54 Å². The van der Waals surface area contributed by atoms with Gasteiger partial charge in [0.25, 0.3) is 0 Å². The lowest BCUT2D eigenvalue weighted by Crippen LogP contribution is -2.45. The van der Waals surface area contributed by atoms with E-state index in [1.165, 1.54) is 16.7 Å². The summed E-state index contributed by atoms with van der Waals surface area (Å²) < 4.78 is 0. The summed E-state index contributed by atoms with van der Waals surface area (Å²) >= 11 is 1.77. The zero-order valence-corrected chi connectivity index (χ0v) is 10.2. The molecule has 2 aromatic rings. The lowest BCUT2D eigenvalue weighted by Gasteiger charge is -2.37. The SMILES string of the molecule is CC1(c2ccsc2)NCCc2ccccc21. The molecule has 1 N–H and O–H groups in total. The van der Waals surface area contributed by atoms with Gasteiger partial charge in [0, 0.05) is 6.54 Å². The standard InChI is InChI=1S/C14H15NS/c1-14(12-7-9-16-10-12)13-5-3-2-4-11(13)6-8-15-14/h2-5,7,9-10,15H,6,8H2,1H3. The Balaban J connectivity index is 2.17. The van der Waals surface area contributed by atoms with E-state index in [0.29, 0.717) is 0 Å². The monoisotopic (exact) mass is 229 g/mol. The maximum absolute atomic E-state index is 3.66. The van der Waals surface area contributed by atoms with Gasteiger partial charge in [-0.25, -0.2) is 0 Å². The van der Waals surface area contributed by atoms with Crippen LogP contribution in [0.2, 0.25) is 0 Å². The van der Waals surface area contributed by atoms with Crippen molar-refractivity contribution >= 4 is 11.3 Å². The first-order chi connectivity index (χ1) is 7.81. The second kappa shape index (κ2) is 3.72. The molecule has 1 aromatic carbocycles. The number of rotatable bonds is 1. The highest BCUT2D eigenvalue weighted by Crippen LogP contribution is 2.35. The van der Waals surface area contributed by atoms with Crippen LogP contribution in [-0.2, 0) is 12.0 Å². The highest BCUT2D eigenvalue weighted by Gasteiger charge is 2.33. The molecular weight excluding hydrogens is 214 g/mol. The molecule has 82 valence electrons. The Kier molecular flexibility index (Phi) is 2.34. The second-order valence-electron chi connectivity index (χ2n) is 4.47. The van der Waals surface area contributed by atoms with Crippen LogP contribution in [0.3, 0.4) is 0 Å². The number of thiophene rings is 1. The Morgan fingerprint density at radius 3 is 2.94 bits per heavy atom. The number of nitrogens with one attached hydrogen (secondary N) is 1. The Labute approximate surface area is 100 Å². The van der Waals surface area contributed by atoms with Crippen molar-refractivity contribution < 1.29 is 0 Å². The van der Waals surface area contributed by atoms with Crippen molar-refractivity contribution in [3.05, 3.63) is 57.8 Å². The van der Waals surface area contributed by atoms with Gasteiger partial charge >= 0.3 is 0 Å². The van der Waals surface area contributed by atoms with E-state index in [1.807, 2.05) is 0 Å². The highest BCUT2D eigenvalue weighted by atomic mass is 32.1. The van der Waals surface area contributed by atoms with Gasteiger partial charge < -0.3 is 5.32 Å². The third-order valence-corrected chi connectivity index (χ3v) is 4.21. The Hall–Kier alpha value is -1.12. The van der Waals surface area contributed by atoms with Gasteiger partial charge in [-0.3, -0.25) is 0 Å². The third kappa shape index (κ3) is 1.41. The molecule has 2 heterocycles. The molecule has 0 fully saturated rings. The average Bonchev–Trinajstić information content (AvgIpc) is 2.84. The molecule has 1 nitrogen and oxygen atoms in total. The maximum atomic E-state index is 3.66. The third-order valence-electron chi connectivity index (χ3n) is 3.53. The second-order valence-corrected chi connectivity index (χ2v) is 5.25. The fraction of sp³-hybridized carbons (Fsp3) is 0.286. The molecule has 2 heteroatoms. The van der Waals surface area contributed by atoms with Gasteiger partial charge in [-0.1, -0.05) is 24.3 Å². The van der Waals surface area contributed by atoms with Crippen LogP contribution in [0.15, 0.2) is 41.1 Å². The lowest BCUT2D eigenvalue weighted by molar-refractivity contribution is 0.416. The van der Waals surface area contributed by atoms with Gasteiger partial charge in [0.1, 0.15) is 0 Å². The molecule has 0 aliphatic carbocycles. The van der Waals surface area contributed by atoms with Crippen molar-refractivity contribution in [3.8, 4) is 0 Å². The number of benzene rings is 1. The van der Waals surface area contributed by atoms with E-state index in [1.54, 1.807) is 11.3 Å². The van der Waals surface area contributed by atoms with Gasteiger partial charge in [0.15, 0.2) is 0 Å². The summed E-state index contributed by atoms with van der Waals surface area (Å²) in [6.45, 7) is 3.34. The first-order valence-electron chi connectivity index (χ1n) is 5.67. The molecule has 0 spiro atoms. The van der Waals surface area contributed by atoms with E-state index in [4.69, 9.17) is 0 Å². The van der Waals surface area contributed by atoms with Crippen LogP contribution < -0.4 is 5.32 Å². The van der Waals surface area contributed by atoms with Crippen LogP contribution in [0.1, 0.15) is 23.6 Å². The van der Waals surface area contributed by atoms with E-state index >= 15 is 0 Å². The smallest absolute Gasteiger partial charge is 0.0672 e. The van der Waals surface area contributed by atoms with Crippen LogP contribution in [0.25, 0.3) is 0 Å². The molecule has 1 unspecified atom stereocenters. The van der Waals surface area contributed by atoms with Crippen molar-refractivity contribution in [1.29, 1.82) is 0 Å².